The summed E-state index contributed by atoms with van der Waals surface area (Å²) in [5.41, 5.74) is 0.0130. The van der Waals surface area contributed by atoms with Crippen LogP contribution in [0.1, 0.15) is 18.9 Å². The first-order valence-electron chi connectivity index (χ1n) is 6.97. The number of hydrogen-bond acceptors (Lipinski definition) is 8. The molecular weight excluding hydrogens is 384 g/mol. The number of methoxy groups -OCH3 is 1. The Kier molecular flexibility index (Phi) is 8.59. The van der Waals surface area contributed by atoms with Crippen molar-refractivity contribution in [3.8, 4) is 11.8 Å². The van der Waals surface area contributed by atoms with Crippen molar-refractivity contribution >= 4 is 17.8 Å². The van der Waals surface area contributed by atoms with Gasteiger partial charge >= 0.3 is 11.4 Å². The first kappa shape index (κ1) is 22.0. The third-order valence-electron chi connectivity index (χ3n) is 2.62. The molecule has 7 nitrogen and oxygen atoms in total. The van der Waals surface area contributed by atoms with E-state index in [-0.39, 0.29) is 12.1 Å². The van der Waals surface area contributed by atoms with E-state index in [2.05, 4.69) is 24.3 Å². The molecule has 0 aromatic heterocycles. The summed E-state index contributed by atoms with van der Waals surface area (Å²) in [5.74, 6) is 0.524. The monoisotopic (exact) mass is 398 g/mol. The van der Waals surface area contributed by atoms with Gasteiger partial charge in [0.2, 0.25) is 0 Å². The van der Waals surface area contributed by atoms with Gasteiger partial charge in [0.25, 0.3) is 0 Å². The van der Waals surface area contributed by atoms with Crippen LogP contribution in [0.5, 0.6) is 5.75 Å². The summed E-state index contributed by atoms with van der Waals surface area (Å²) in [4.78, 5) is 4.06. The number of nitrogens with zero attached hydrogens (tertiary/aromatic N) is 2. The fraction of sp³-hybridized carbons (Fsp3) is 0.429. The lowest BCUT2D eigenvalue weighted by atomic mass is 10.1. The largest absolute Gasteiger partial charge is 0.497 e. The number of rotatable bonds is 11. The van der Waals surface area contributed by atoms with Gasteiger partial charge in [-0.3, -0.25) is 0 Å². The SMILES string of the molecule is CCCOC(F)(F)C(F)(F)SOOON=C(C#N)c1ccc(OC)cc1. The summed E-state index contributed by atoms with van der Waals surface area (Å²) in [5, 5.41) is 11.2. The predicted octanol–water partition coefficient (Wildman–Crippen LogP) is 4.06. The van der Waals surface area contributed by atoms with Gasteiger partial charge in [0.15, 0.2) is 5.71 Å². The maximum Gasteiger partial charge on any atom is 0.432 e. The molecular formula is C14H14F4N2O5S. The van der Waals surface area contributed by atoms with Gasteiger partial charge in [-0.15, -0.1) is 4.33 Å². The summed E-state index contributed by atoms with van der Waals surface area (Å²) in [7, 11) is 1.45. The molecule has 0 aliphatic rings. The number of halogens is 4. The third kappa shape index (κ3) is 6.34. The smallest absolute Gasteiger partial charge is 0.432 e. The van der Waals surface area contributed by atoms with E-state index in [0.717, 1.165) is 0 Å². The maximum atomic E-state index is 13.2. The van der Waals surface area contributed by atoms with Crippen molar-refractivity contribution in [2.75, 3.05) is 13.7 Å². The van der Waals surface area contributed by atoms with Crippen molar-refractivity contribution in [1.29, 1.82) is 5.26 Å². The van der Waals surface area contributed by atoms with Crippen LogP contribution < -0.4 is 4.74 Å². The van der Waals surface area contributed by atoms with Gasteiger partial charge in [0.05, 0.1) is 13.7 Å². The molecule has 0 saturated carbocycles. The van der Waals surface area contributed by atoms with Crippen LogP contribution >= 0.6 is 12.0 Å². The molecule has 0 unspecified atom stereocenters. The summed E-state index contributed by atoms with van der Waals surface area (Å²) in [6, 6.07) is 7.68. The van der Waals surface area contributed by atoms with Crippen LogP contribution in [-0.4, -0.2) is 30.8 Å². The van der Waals surface area contributed by atoms with Crippen LogP contribution in [0.2, 0.25) is 0 Å². The Labute approximate surface area is 150 Å². The van der Waals surface area contributed by atoms with Gasteiger partial charge in [0, 0.05) is 10.6 Å². The molecule has 144 valence electrons. The average molecular weight is 398 g/mol. The Hall–Kier alpha value is -2.07. The van der Waals surface area contributed by atoms with Crippen molar-refractivity contribution in [3.63, 3.8) is 0 Å². The Morgan fingerprint density at radius 2 is 1.88 bits per heavy atom. The van der Waals surface area contributed by atoms with Crippen LogP contribution in [0.15, 0.2) is 29.4 Å². The first-order valence-corrected chi connectivity index (χ1v) is 7.72. The van der Waals surface area contributed by atoms with Crippen LogP contribution in [0.25, 0.3) is 0 Å². The van der Waals surface area contributed by atoms with E-state index in [9.17, 15) is 17.6 Å². The average Bonchev–Trinajstić information content (AvgIpc) is 2.63. The van der Waals surface area contributed by atoms with E-state index in [0.29, 0.717) is 11.3 Å². The molecule has 0 atom stereocenters. The minimum atomic E-state index is -4.78. The zero-order valence-corrected chi connectivity index (χ0v) is 14.4. The highest BCUT2D eigenvalue weighted by atomic mass is 32.2. The van der Waals surface area contributed by atoms with E-state index in [4.69, 9.17) is 10.00 Å². The van der Waals surface area contributed by atoms with Gasteiger partial charge in [-0.25, -0.2) is 0 Å². The predicted molar refractivity (Wildman–Crippen MR) is 82.1 cm³/mol. The van der Waals surface area contributed by atoms with Gasteiger partial charge in [-0.1, -0.05) is 6.92 Å². The second-order valence-electron chi connectivity index (χ2n) is 4.46. The topological polar surface area (TPSA) is 82.3 Å². The molecule has 0 spiro atoms. The Morgan fingerprint density at radius 3 is 2.42 bits per heavy atom. The molecule has 1 aromatic rings. The second-order valence-corrected chi connectivity index (χ2v) is 5.27. The molecule has 1 aromatic carbocycles. The number of ether oxygens (including phenoxy) is 2. The van der Waals surface area contributed by atoms with E-state index in [1.54, 1.807) is 6.07 Å². The molecule has 1 rings (SSSR count). The Bertz CT molecular complexity index is 637. The summed E-state index contributed by atoms with van der Waals surface area (Å²) in [6.07, 6.45) is -4.66. The minimum absolute atomic E-state index is 0.119. The zero-order chi connectivity index (χ0) is 19.6. The molecule has 0 saturated heterocycles. The van der Waals surface area contributed by atoms with Crippen molar-refractivity contribution in [1.82, 2.24) is 0 Å². The van der Waals surface area contributed by atoms with Crippen LogP contribution in [-0.2, 0) is 19.1 Å². The number of benzene rings is 1. The normalized spacial score (nSPS) is 12.6. The maximum absolute atomic E-state index is 13.2. The quantitative estimate of drug-likeness (QED) is 0.139. The van der Waals surface area contributed by atoms with Crippen molar-refractivity contribution < 1.29 is 41.4 Å². The lowest BCUT2D eigenvalue weighted by Crippen LogP contribution is -2.40. The van der Waals surface area contributed by atoms with Gasteiger partial charge in [-0.05, 0) is 35.8 Å². The molecule has 0 aliphatic heterocycles. The molecule has 0 amide bonds. The van der Waals surface area contributed by atoms with E-state index in [1.165, 1.54) is 38.3 Å². The molecule has 0 heterocycles. The number of oxime groups is 1. The summed E-state index contributed by atoms with van der Waals surface area (Å²) >= 11 is -1.03. The minimum Gasteiger partial charge on any atom is -0.497 e. The number of hydrogen-bond donors (Lipinski definition) is 0. The Morgan fingerprint density at radius 1 is 1.23 bits per heavy atom. The molecule has 0 aliphatic carbocycles. The highest BCUT2D eigenvalue weighted by Gasteiger charge is 2.60. The highest BCUT2D eigenvalue weighted by Crippen LogP contribution is 2.44. The lowest BCUT2D eigenvalue weighted by molar-refractivity contribution is -0.464. The highest BCUT2D eigenvalue weighted by molar-refractivity contribution is 7.95. The van der Waals surface area contributed by atoms with E-state index in [1.807, 2.05) is 0 Å². The van der Waals surface area contributed by atoms with Crippen molar-refractivity contribution in [2.24, 2.45) is 5.16 Å². The summed E-state index contributed by atoms with van der Waals surface area (Å²) < 4.78 is 65.2. The standard InChI is InChI=1S/C14H14F4N2O5S/c1-3-8-22-13(15,16)14(17,18)26-25-24-23-20-12(9-19)10-4-6-11(21-2)7-5-10/h4-7H,3,8H2,1-2H3. The van der Waals surface area contributed by atoms with Crippen LogP contribution in [0.4, 0.5) is 17.6 Å². The third-order valence-corrected chi connectivity index (χ3v) is 3.19. The molecule has 0 bridgehead atoms. The molecule has 0 N–H and O–H groups in total. The van der Waals surface area contributed by atoms with Crippen LogP contribution in [0.3, 0.4) is 0 Å². The van der Waals surface area contributed by atoms with Gasteiger partial charge in [-0.2, -0.15) is 27.8 Å². The summed E-state index contributed by atoms with van der Waals surface area (Å²) in [6.45, 7) is 0.903. The van der Waals surface area contributed by atoms with Crippen molar-refractivity contribution in [3.05, 3.63) is 29.8 Å². The lowest BCUT2D eigenvalue weighted by Gasteiger charge is -2.23. The van der Waals surface area contributed by atoms with E-state index >= 15 is 0 Å². The first-order chi connectivity index (χ1) is 12.3. The van der Waals surface area contributed by atoms with E-state index < -0.39 is 30.0 Å². The Balaban J connectivity index is 2.53. The molecule has 12 heteroatoms. The number of alkyl halides is 4. The molecule has 0 fully saturated rings. The molecule has 0 radical (unpaired) electrons. The fourth-order valence-corrected chi connectivity index (χ4v) is 1.66. The van der Waals surface area contributed by atoms with Crippen LogP contribution in [0, 0.1) is 11.3 Å². The van der Waals surface area contributed by atoms with Gasteiger partial charge < -0.3 is 9.47 Å². The van der Waals surface area contributed by atoms with Gasteiger partial charge in [0.1, 0.15) is 23.9 Å². The molecule has 26 heavy (non-hydrogen) atoms. The number of nitriles is 1. The van der Waals surface area contributed by atoms with Crippen molar-refractivity contribution in [2.45, 2.75) is 24.7 Å². The zero-order valence-electron chi connectivity index (χ0n) is 13.6. The fourth-order valence-electron chi connectivity index (χ4n) is 1.37. The second kappa shape index (κ2) is 10.2.